The Balaban J connectivity index is 1.56. The molecule has 2 aromatic carbocycles. The first-order chi connectivity index (χ1) is 15.2. The smallest absolute Gasteiger partial charge is 0.406 e. The summed E-state index contributed by atoms with van der Waals surface area (Å²) in [5, 5.41) is 3.57. The lowest BCUT2D eigenvalue weighted by atomic mass is 10.1. The molecule has 32 heavy (non-hydrogen) atoms. The molecule has 0 bridgehead atoms. The number of ether oxygens (including phenoxy) is 2. The summed E-state index contributed by atoms with van der Waals surface area (Å²) < 4.78 is 48.7. The predicted molar refractivity (Wildman–Crippen MR) is 116 cm³/mol. The van der Waals surface area contributed by atoms with Crippen molar-refractivity contribution in [3.05, 3.63) is 42.0 Å². The summed E-state index contributed by atoms with van der Waals surface area (Å²) in [4.78, 5) is 21.3. The number of Topliss-reactive ketones (excluding diaryl/α,β-unsaturated/α-hetero) is 1. The number of alkyl halides is 3. The fourth-order valence-corrected chi connectivity index (χ4v) is 4.15. The number of nitrogens with one attached hydrogen (secondary N) is 1. The lowest BCUT2D eigenvalue weighted by molar-refractivity contribution is -0.274. The van der Waals surface area contributed by atoms with Crippen molar-refractivity contribution in [3.63, 3.8) is 0 Å². The lowest BCUT2D eigenvalue weighted by Crippen LogP contribution is -2.16. The van der Waals surface area contributed by atoms with Crippen LogP contribution in [0.15, 0.2) is 36.4 Å². The zero-order valence-corrected chi connectivity index (χ0v) is 18.0. The molecule has 7 nitrogen and oxygen atoms in total. The van der Waals surface area contributed by atoms with Crippen molar-refractivity contribution in [2.75, 3.05) is 19.0 Å². The van der Waals surface area contributed by atoms with Crippen LogP contribution in [-0.2, 0) is 11.8 Å². The van der Waals surface area contributed by atoms with Crippen molar-refractivity contribution in [2.45, 2.75) is 19.2 Å². The number of aryl methyl sites for hydroxylation is 1. The number of methoxy groups -OCH3 is 1. The highest BCUT2D eigenvalue weighted by molar-refractivity contribution is 7.22. The van der Waals surface area contributed by atoms with Crippen molar-refractivity contribution in [2.24, 2.45) is 7.05 Å². The fraction of sp³-hybridized carbons (Fsp3) is 0.286. The van der Waals surface area contributed by atoms with E-state index in [4.69, 9.17) is 4.74 Å². The molecular formula is C21H19F3N4O3S. The quantitative estimate of drug-likeness (QED) is 0.277. The molecule has 1 N–H and O–H groups in total. The van der Waals surface area contributed by atoms with Crippen LogP contribution in [-0.4, -0.2) is 40.4 Å². The zero-order valence-electron chi connectivity index (χ0n) is 17.2. The van der Waals surface area contributed by atoms with Crippen LogP contribution in [0.25, 0.3) is 21.3 Å². The molecule has 0 atom stereocenters. The number of fused-ring (bicyclic) bond motifs is 2. The number of carbonyl (C=O) groups excluding carboxylic acids is 1. The van der Waals surface area contributed by atoms with Crippen molar-refractivity contribution < 1.29 is 27.4 Å². The lowest BCUT2D eigenvalue weighted by Gasteiger charge is -2.07. The van der Waals surface area contributed by atoms with E-state index in [1.807, 2.05) is 17.7 Å². The molecule has 0 amide bonds. The van der Waals surface area contributed by atoms with Crippen LogP contribution < -0.4 is 10.1 Å². The Morgan fingerprint density at radius 3 is 2.72 bits per heavy atom. The predicted octanol–water partition coefficient (Wildman–Crippen LogP) is 5.43. The summed E-state index contributed by atoms with van der Waals surface area (Å²) in [6.07, 6.45) is -3.71. The average molecular weight is 464 g/mol. The second-order valence-electron chi connectivity index (χ2n) is 7.04. The molecule has 0 aliphatic rings. The molecule has 0 aliphatic carbocycles. The minimum Gasteiger partial charge on any atom is -0.406 e. The normalized spacial score (nSPS) is 11.9. The summed E-state index contributed by atoms with van der Waals surface area (Å²) in [5.41, 5.74) is 2.59. The van der Waals surface area contributed by atoms with Crippen LogP contribution in [0.5, 0.6) is 5.75 Å². The maximum atomic E-state index is 12.5. The molecule has 0 fully saturated rings. The highest BCUT2D eigenvalue weighted by atomic mass is 32.1. The van der Waals surface area contributed by atoms with E-state index in [9.17, 15) is 18.0 Å². The van der Waals surface area contributed by atoms with Gasteiger partial charge in [0, 0.05) is 38.8 Å². The number of benzene rings is 2. The minimum absolute atomic E-state index is 0.0205. The largest absolute Gasteiger partial charge is 0.573 e. The van der Waals surface area contributed by atoms with Crippen LogP contribution in [0.3, 0.4) is 0 Å². The van der Waals surface area contributed by atoms with Gasteiger partial charge in [-0.2, -0.15) is 0 Å². The summed E-state index contributed by atoms with van der Waals surface area (Å²) in [7, 11) is 3.42. The van der Waals surface area contributed by atoms with Gasteiger partial charge in [-0.25, -0.2) is 9.97 Å². The highest BCUT2D eigenvalue weighted by Crippen LogP contribution is 2.33. The molecule has 0 spiro atoms. The Bertz CT molecular complexity index is 1280. The van der Waals surface area contributed by atoms with E-state index in [2.05, 4.69) is 20.0 Å². The van der Waals surface area contributed by atoms with E-state index in [0.29, 0.717) is 51.8 Å². The third-order valence-electron chi connectivity index (χ3n) is 4.77. The van der Waals surface area contributed by atoms with Gasteiger partial charge in [0.05, 0.1) is 21.3 Å². The van der Waals surface area contributed by atoms with Gasteiger partial charge in [0.15, 0.2) is 10.9 Å². The van der Waals surface area contributed by atoms with Crippen LogP contribution in [0.4, 0.5) is 24.3 Å². The Kier molecular flexibility index (Phi) is 6.02. The standard InChI is InChI=1S/C21H19F3N4O3S/c1-28-16-8-5-12(17(29)4-3-9-30-2)10-15(16)25-19(28)27-20-26-14-7-6-13(11-18(14)32-20)31-21(22,23)24/h5-8,10-11H,3-4,9H2,1-2H3,(H,25,26,27). The molecule has 0 unspecified atom stereocenters. The number of thiazole rings is 1. The first-order valence-electron chi connectivity index (χ1n) is 9.65. The van der Waals surface area contributed by atoms with Gasteiger partial charge in [0.2, 0.25) is 5.95 Å². The second kappa shape index (κ2) is 8.75. The maximum Gasteiger partial charge on any atom is 0.573 e. The molecular weight excluding hydrogens is 445 g/mol. The number of anilines is 2. The molecule has 0 radical (unpaired) electrons. The van der Waals surface area contributed by atoms with Crippen LogP contribution in [0.1, 0.15) is 23.2 Å². The monoisotopic (exact) mass is 464 g/mol. The van der Waals surface area contributed by atoms with E-state index in [-0.39, 0.29) is 11.5 Å². The molecule has 4 rings (SSSR count). The van der Waals surface area contributed by atoms with Crippen molar-refractivity contribution in [1.29, 1.82) is 0 Å². The molecule has 4 aromatic rings. The summed E-state index contributed by atoms with van der Waals surface area (Å²) in [6.45, 7) is 0.525. The van der Waals surface area contributed by atoms with Crippen LogP contribution in [0, 0.1) is 0 Å². The van der Waals surface area contributed by atoms with E-state index in [1.54, 1.807) is 19.2 Å². The average Bonchev–Trinajstić information content (AvgIpc) is 3.26. The SMILES string of the molecule is COCCCC(=O)c1ccc2c(c1)nc(Nc1nc3ccc(OC(F)(F)F)cc3s1)n2C. The van der Waals surface area contributed by atoms with E-state index in [0.717, 1.165) is 5.52 Å². The number of carbonyl (C=O) groups is 1. The fourth-order valence-electron chi connectivity index (χ4n) is 3.26. The topological polar surface area (TPSA) is 78.3 Å². The summed E-state index contributed by atoms with van der Waals surface area (Å²) in [6, 6.07) is 9.32. The van der Waals surface area contributed by atoms with E-state index in [1.165, 1.54) is 29.5 Å². The zero-order chi connectivity index (χ0) is 22.9. The van der Waals surface area contributed by atoms with Gasteiger partial charge >= 0.3 is 6.36 Å². The summed E-state index contributed by atoms with van der Waals surface area (Å²) in [5.74, 6) is 0.215. The van der Waals surface area contributed by atoms with Crippen LogP contribution in [0.2, 0.25) is 0 Å². The third-order valence-corrected chi connectivity index (χ3v) is 5.70. The number of rotatable bonds is 8. The number of nitrogens with zero attached hydrogens (tertiary/aromatic N) is 3. The molecule has 11 heteroatoms. The second-order valence-corrected chi connectivity index (χ2v) is 8.07. The highest BCUT2D eigenvalue weighted by Gasteiger charge is 2.31. The Morgan fingerprint density at radius 2 is 1.97 bits per heavy atom. The number of imidazole rings is 1. The first kappa shape index (κ1) is 22.0. The van der Waals surface area contributed by atoms with E-state index >= 15 is 0 Å². The maximum absolute atomic E-state index is 12.5. The van der Waals surface area contributed by atoms with Gasteiger partial charge in [-0.15, -0.1) is 13.2 Å². The number of ketones is 1. The van der Waals surface area contributed by atoms with Gasteiger partial charge in [0.1, 0.15) is 5.75 Å². The van der Waals surface area contributed by atoms with Gasteiger partial charge in [0.25, 0.3) is 0 Å². The van der Waals surface area contributed by atoms with Crippen LogP contribution >= 0.6 is 11.3 Å². The molecule has 2 aromatic heterocycles. The molecule has 2 heterocycles. The molecule has 0 saturated carbocycles. The number of aromatic nitrogens is 3. The van der Waals surface area contributed by atoms with Gasteiger partial charge < -0.3 is 19.4 Å². The minimum atomic E-state index is -4.75. The van der Waals surface area contributed by atoms with Crippen molar-refractivity contribution in [3.8, 4) is 5.75 Å². The Hall–Kier alpha value is -3.18. The first-order valence-corrected chi connectivity index (χ1v) is 10.5. The molecule has 168 valence electrons. The summed E-state index contributed by atoms with van der Waals surface area (Å²) >= 11 is 1.18. The Labute approximate surface area is 184 Å². The number of hydrogen-bond acceptors (Lipinski definition) is 7. The van der Waals surface area contributed by atoms with Crippen molar-refractivity contribution >= 4 is 49.4 Å². The number of halogens is 3. The van der Waals surface area contributed by atoms with Gasteiger partial charge in [-0.1, -0.05) is 11.3 Å². The molecule has 0 saturated heterocycles. The van der Waals surface area contributed by atoms with Gasteiger partial charge in [-0.05, 0) is 36.8 Å². The van der Waals surface area contributed by atoms with Crippen molar-refractivity contribution in [1.82, 2.24) is 14.5 Å². The molecule has 0 aliphatic heterocycles. The number of hydrogen-bond donors (Lipinski definition) is 1. The third kappa shape index (κ3) is 4.83. The Morgan fingerprint density at radius 1 is 1.16 bits per heavy atom. The van der Waals surface area contributed by atoms with E-state index < -0.39 is 6.36 Å². The van der Waals surface area contributed by atoms with Gasteiger partial charge in [-0.3, -0.25) is 4.79 Å².